The molecule has 0 saturated heterocycles. The molecule has 0 bridgehead atoms. The van der Waals surface area contributed by atoms with E-state index in [9.17, 15) is 0 Å². The van der Waals surface area contributed by atoms with Crippen molar-refractivity contribution in [3.8, 4) is 0 Å². The first kappa shape index (κ1) is 21.1. The number of nitrogens with zero attached hydrogens (tertiary/aromatic N) is 3. The molecular weight excluding hydrogens is 373 g/mol. The molecule has 0 N–H and O–H groups in total. The molecule has 3 aromatic rings. The normalized spacial score (nSPS) is 13.0. The molecule has 0 amide bonds. The van der Waals surface area contributed by atoms with Gasteiger partial charge in [0.15, 0.2) is 0 Å². The van der Waals surface area contributed by atoms with E-state index in [1.807, 2.05) is 25.1 Å². The zero-order chi connectivity index (χ0) is 20.7. The average Bonchev–Trinajstić information content (AvgIpc) is 2.74. The summed E-state index contributed by atoms with van der Waals surface area (Å²) in [5.41, 5.74) is 2.72. The van der Waals surface area contributed by atoms with Crippen molar-refractivity contribution in [1.29, 1.82) is 0 Å². The van der Waals surface area contributed by atoms with Crippen LogP contribution in [0.4, 0.5) is 0 Å². The van der Waals surface area contributed by atoms with E-state index >= 15 is 0 Å². The van der Waals surface area contributed by atoms with Gasteiger partial charge in [-0.05, 0) is 37.6 Å². The zero-order valence-electron chi connectivity index (χ0n) is 17.6. The van der Waals surface area contributed by atoms with Crippen LogP contribution < -0.4 is 10.6 Å². The number of hydrogen-bond donors (Lipinski definition) is 0. The van der Waals surface area contributed by atoms with Crippen molar-refractivity contribution in [1.82, 2.24) is 4.98 Å². The Balaban J connectivity index is 1.97. The van der Waals surface area contributed by atoms with E-state index in [0.717, 1.165) is 23.3 Å². The molecule has 0 fully saturated rings. The maximum atomic E-state index is 4.74. The van der Waals surface area contributed by atoms with E-state index in [0.29, 0.717) is 0 Å². The number of pyridine rings is 1. The van der Waals surface area contributed by atoms with Crippen molar-refractivity contribution in [2.24, 2.45) is 15.6 Å². The fourth-order valence-corrected chi connectivity index (χ4v) is 5.44. The monoisotopic (exact) mass is 401 g/mol. The Morgan fingerprint density at radius 3 is 1.83 bits per heavy atom. The third-order valence-corrected chi connectivity index (χ3v) is 7.12. The molecule has 148 valence electrons. The summed E-state index contributed by atoms with van der Waals surface area (Å²) >= 11 is 0. The van der Waals surface area contributed by atoms with Crippen LogP contribution in [0.25, 0.3) is 0 Å². The number of benzene rings is 2. The molecule has 0 aliphatic rings. The maximum absolute atomic E-state index is 4.74. The Morgan fingerprint density at radius 2 is 1.34 bits per heavy atom. The maximum Gasteiger partial charge on any atom is 0.0860 e. The van der Waals surface area contributed by atoms with Crippen molar-refractivity contribution in [3.05, 3.63) is 90.8 Å². The van der Waals surface area contributed by atoms with E-state index in [1.165, 1.54) is 10.6 Å². The van der Waals surface area contributed by atoms with E-state index < -0.39 is 7.92 Å². The number of rotatable bonds is 6. The van der Waals surface area contributed by atoms with Gasteiger partial charge >= 0.3 is 0 Å². The lowest BCUT2D eigenvalue weighted by atomic mass is 9.91. The minimum Gasteiger partial charge on any atom is -0.255 e. The van der Waals surface area contributed by atoms with E-state index in [1.54, 1.807) is 6.20 Å². The third-order valence-electron chi connectivity index (χ3n) is 4.67. The summed E-state index contributed by atoms with van der Waals surface area (Å²) in [6, 6.07) is 27.3. The summed E-state index contributed by atoms with van der Waals surface area (Å²) < 4.78 is 0. The summed E-state index contributed by atoms with van der Waals surface area (Å²) in [5.74, 6) is 0. The molecule has 3 rings (SSSR count). The van der Waals surface area contributed by atoms with Gasteiger partial charge in [-0.25, -0.2) is 0 Å². The van der Waals surface area contributed by atoms with Crippen LogP contribution in [0.3, 0.4) is 0 Å². The van der Waals surface area contributed by atoms with E-state index in [-0.39, 0.29) is 5.41 Å². The standard InChI is InChI=1S/C25H28N3P/c1-20(23-17-11-12-18-26-23)27-28-24(25(2,3)4)19-29(21-13-7-5-8-14-21)22-15-9-6-10-16-22/h5-18H,19H2,1-4H3/b27-20+,28-24-. The molecule has 3 nitrogen and oxygen atoms in total. The predicted molar refractivity (Wildman–Crippen MR) is 127 cm³/mol. The quantitative estimate of drug-likeness (QED) is 0.308. The van der Waals surface area contributed by atoms with Gasteiger partial charge in [0.2, 0.25) is 0 Å². The molecule has 29 heavy (non-hydrogen) atoms. The van der Waals surface area contributed by atoms with Gasteiger partial charge in [-0.3, -0.25) is 4.98 Å². The van der Waals surface area contributed by atoms with Crippen LogP contribution in [0.5, 0.6) is 0 Å². The lowest BCUT2D eigenvalue weighted by molar-refractivity contribution is 0.586. The summed E-state index contributed by atoms with van der Waals surface area (Å²) in [4.78, 5) is 4.38. The summed E-state index contributed by atoms with van der Waals surface area (Å²) in [5, 5.41) is 12.0. The highest BCUT2D eigenvalue weighted by Gasteiger charge is 2.25. The van der Waals surface area contributed by atoms with Crippen LogP contribution in [0, 0.1) is 5.41 Å². The van der Waals surface area contributed by atoms with Crippen molar-refractivity contribution < 1.29 is 0 Å². The molecule has 2 aromatic carbocycles. The molecule has 4 heteroatoms. The van der Waals surface area contributed by atoms with E-state index in [4.69, 9.17) is 5.10 Å². The van der Waals surface area contributed by atoms with Crippen LogP contribution in [-0.4, -0.2) is 22.6 Å². The second-order valence-electron chi connectivity index (χ2n) is 7.95. The molecule has 0 saturated carbocycles. The highest BCUT2D eigenvalue weighted by molar-refractivity contribution is 7.73. The topological polar surface area (TPSA) is 37.6 Å². The highest BCUT2D eigenvalue weighted by atomic mass is 31.1. The Hall–Kier alpha value is -2.64. The smallest absolute Gasteiger partial charge is 0.0860 e. The number of aromatic nitrogens is 1. The summed E-state index contributed by atoms with van der Waals surface area (Å²) in [7, 11) is -0.555. The molecule has 0 radical (unpaired) electrons. The predicted octanol–water partition coefficient (Wildman–Crippen LogP) is 5.43. The minimum absolute atomic E-state index is 0.0714. The lowest BCUT2D eigenvalue weighted by Gasteiger charge is -2.26. The van der Waals surface area contributed by atoms with Crippen molar-refractivity contribution in [2.75, 3.05) is 6.16 Å². The second kappa shape index (κ2) is 9.71. The van der Waals surface area contributed by atoms with Gasteiger partial charge in [-0.2, -0.15) is 10.2 Å². The Bertz CT molecular complexity index is 920. The van der Waals surface area contributed by atoms with Gasteiger partial charge in [0, 0.05) is 17.8 Å². The summed E-state index contributed by atoms with van der Waals surface area (Å²) in [6.45, 7) is 8.59. The minimum atomic E-state index is -0.555. The fourth-order valence-electron chi connectivity index (χ4n) is 2.88. The lowest BCUT2D eigenvalue weighted by Crippen LogP contribution is -2.27. The molecule has 1 heterocycles. The number of hydrogen-bond acceptors (Lipinski definition) is 3. The van der Waals surface area contributed by atoms with Gasteiger partial charge in [-0.1, -0.05) is 87.5 Å². The first-order valence-corrected chi connectivity index (χ1v) is 11.4. The fraction of sp³-hybridized carbons (Fsp3) is 0.240. The highest BCUT2D eigenvalue weighted by Crippen LogP contribution is 2.36. The van der Waals surface area contributed by atoms with Crippen molar-refractivity contribution in [2.45, 2.75) is 27.7 Å². The summed E-state index contributed by atoms with van der Waals surface area (Å²) in [6.07, 6.45) is 2.67. The van der Waals surface area contributed by atoms with Crippen LogP contribution in [0.1, 0.15) is 33.4 Å². The molecule has 0 aliphatic carbocycles. The second-order valence-corrected chi connectivity index (χ2v) is 10.2. The van der Waals surface area contributed by atoms with Gasteiger partial charge < -0.3 is 0 Å². The molecule has 1 aromatic heterocycles. The van der Waals surface area contributed by atoms with Gasteiger partial charge in [0.1, 0.15) is 0 Å². The molecular formula is C25H28N3P. The Morgan fingerprint density at radius 1 is 0.793 bits per heavy atom. The average molecular weight is 401 g/mol. The first-order chi connectivity index (χ1) is 13.9. The van der Waals surface area contributed by atoms with Crippen LogP contribution >= 0.6 is 7.92 Å². The van der Waals surface area contributed by atoms with Gasteiger partial charge in [-0.15, -0.1) is 0 Å². The van der Waals surface area contributed by atoms with Gasteiger partial charge in [0.25, 0.3) is 0 Å². The molecule has 0 spiro atoms. The van der Waals surface area contributed by atoms with Gasteiger partial charge in [0.05, 0.1) is 17.1 Å². The Kier molecular flexibility index (Phi) is 7.06. The third kappa shape index (κ3) is 5.92. The van der Waals surface area contributed by atoms with Crippen LogP contribution in [0.2, 0.25) is 0 Å². The van der Waals surface area contributed by atoms with Crippen molar-refractivity contribution in [3.63, 3.8) is 0 Å². The zero-order valence-corrected chi connectivity index (χ0v) is 18.5. The van der Waals surface area contributed by atoms with Crippen LogP contribution in [-0.2, 0) is 0 Å². The first-order valence-electron chi connectivity index (χ1n) is 9.86. The SMILES string of the molecule is C/C(=N\N=C(\CP(c1ccccc1)c1ccccc1)C(C)(C)C)c1ccccn1. The largest absolute Gasteiger partial charge is 0.255 e. The molecule has 0 unspecified atom stereocenters. The molecule has 0 aliphatic heterocycles. The van der Waals surface area contributed by atoms with Crippen LogP contribution in [0.15, 0.2) is 95.3 Å². The Labute approximate surface area is 175 Å². The molecule has 0 atom stereocenters. The van der Waals surface area contributed by atoms with E-state index in [2.05, 4.69) is 91.5 Å². The van der Waals surface area contributed by atoms with Crippen molar-refractivity contribution >= 4 is 30.0 Å².